The van der Waals surface area contributed by atoms with Crippen molar-refractivity contribution in [1.29, 1.82) is 0 Å². The third-order valence-corrected chi connectivity index (χ3v) is 5.73. The summed E-state index contributed by atoms with van der Waals surface area (Å²) < 4.78 is 26.2. The molecule has 0 spiro atoms. The number of rotatable bonds is 5. The quantitative estimate of drug-likeness (QED) is 0.687. The van der Waals surface area contributed by atoms with Crippen molar-refractivity contribution in [3.05, 3.63) is 106 Å². The normalized spacial score (nSPS) is 11.8. The molecule has 3 rings (SSSR count). The van der Waals surface area contributed by atoms with Crippen LogP contribution in [0.5, 0.6) is 0 Å². The van der Waals surface area contributed by atoms with Crippen molar-refractivity contribution in [2.75, 3.05) is 0 Å². The van der Waals surface area contributed by atoms with Gasteiger partial charge in [0.2, 0.25) is 9.84 Å². The van der Waals surface area contributed by atoms with E-state index in [1.165, 1.54) is 30.3 Å². The molecule has 0 bridgehead atoms. The molecule has 0 fully saturated rings. The molecular formula is C21H16ClNO3S. The van der Waals surface area contributed by atoms with Crippen LogP contribution < -0.4 is 5.32 Å². The Labute approximate surface area is 163 Å². The first-order valence-corrected chi connectivity index (χ1v) is 9.97. The van der Waals surface area contributed by atoms with Crippen LogP contribution in [0.3, 0.4) is 0 Å². The van der Waals surface area contributed by atoms with Crippen molar-refractivity contribution in [3.8, 4) is 0 Å². The lowest BCUT2D eigenvalue weighted by molar-refractivity contribution is 0.0968. The lowest BCUT2D eigenvalue weighted by Crippen LogP contribution is -2.27. The Balaban J connectivity index is 2.03. The Morgan fingerprint density at radius 3 is 1.96 bits per heavy atom. The summed E-state index contributed by atoms with van der Waals surface area (Å²) in [5, 5.41) is 2.76. The number of amides is 1. The summed E-state index contributed by atoms with van der Waals surface area (Å²) in [6.07, 6.45) is 1.44. The van der Waals surface area contributed by atoms with Gasteiger partial charge in [0.1, 0.15) is 5.03 Å². The van der Waals surface area contributed by atoms with Crippen LogP contribution in [0.2, 0.25) is 5.02 Å². The molecule has 136 valence electrons. The van der Waals surface area contributed by atoms with E-state index in [-0.39, 0.29) is 9.92 Å². The predicted molar refractivity (Wildman–Crippen MR) is 107 cm³/mol. The zero-order chi connectivity index (χ0) is 19.3. The number of hydrogen-bond donors (Lipinski definition) is 1. The van der Waals surface area contributed by atoms with Gasteiger partial charge in [-0.1, -0.05) is 60.1 Å². The van der Waals surface area contributed by atoms with E-state index >= 15 is 0 Å². The molecule has 0 heterocycles. The van der Waals surface area contributed by atoms with Gasteiger partial charge in [0.15, 0.2) is 0 Å². The summed E-state index contributed by atoms with van der Waals surface area (Å²) >= 11 is 5.86. The van der Waals surface area contributed by atoms with Gasteiger partial charge >= 0.3 is 0 Å². The van der Waals surface area contributed by atoms with Gasteiger partial charge < -0.3 is 5.32 Å². The second-order valence-corrected chi connectivity index (χ2v) is 8.05. The van der Waals surface area contributed by atoms with E-state index in [0.717, 1.165) is 0 Å². The summed E-state index contributed by atoms with van der Waals surface area (Å²) in [5.74, 6) is -0.504. The van der Waals surface area contributed by atoms with E-state index in [9.17, 15) is 13.2 Å². The molecule has 3 aromatic carbocycles. The maximum absolute atomic E-state index is 13.1. The van der Waals surface area contributed by atoms with Crippen LogP contribution in [0.25, 0.3) is 6.08 Å². The molecule has 1 amide bonds. The molecule has 0 aromatic heterocycles. The number of nitrogens with one attached hydrogen (secondary N) is 1. The van der Waals surface area contributed by atoms with Crippen molar-refractivity contribution in [1.82, 2.24) is 5.32 Å². The van der Waals surface area contributed by atoms with E-state index in [1.54, 1.807) is 54.6 Å². The first-order valence-electron chi connectivity index (χ1n) is 8.10. The van der Waals surface area contributed by atoms with Crippen LogP contribution >= 0.6 is 11.6 Å². The van der Waals surface area contributed by atoms with Gasteiger partial charge in [0.25, 0.3) is 5.91 Å². The third-order valence-electron chi connectivity index (χ3n) is 3.78. The highest BCUT2D eigenvalue weighted by molar-refractivity contribution is 7.95. The molecule has 1 N–H and O–H groups in total. The molecule has 0 saturated heterocycles. The zero-order valence-corrected chi connectivity index (χ0v) is 15.7. The topological polar surface area (TPSA) is 63.2 Å². The van der Waals surface area contributed by atoms with Gasteiger partial charge in [0.05, 0.1) is 4.90 Å². The Hall–Kier alpha value is -2.89. The first-order chi connectivity index (χ1) is 13.0. The summed E-state index contributed by atoms with van der Waals surface area (Å²) in [7, 11) is -3.95. The van der Waals surface area contributed by atoms with Crippen molar-refractivity contribution < 1.29 is 13.2 Å². The standard InChI is InChI=1S/C21H16ClNO3S/c22-18-11-13-19(14-12-18)27(25,26)20(15-16-7-3-1-4-8-16)23-21(24)17-9-5-2-6-10-17/h1-15H,(H,23,24)/b20-15-. The largest absolute Gasteiger partial charge is 0.312 e. The summed E-state index contributed by atoms with van der Waals surface area (Å²) in [4.78, 5) is 12.6. The molecule has 0 aliphatic carbocycles. The highest BCUT2D eigenvalue weighted by Gasteiger charge is 2.23. The van der Waals surface area contributed by atoms with Gasteiger partial charge in [-0.05, 0) is 48.0 Å². The van der Waals surface area contributed by atoms with Crippen LogP contribution in [0, 0.1) is 0 Å². The predicted octanol–water partition coefficient (Wildman–Crippen LogP) is 4.54. The van der Waals surface area contributed by atoms with E-state index < -0.39 is 15.7 Å². The lowest BCUT2D eigenvalue weighted by atomic mass is 10.2. The number of benzene rings is 3. The Kier molecular flexibility index (Phi) is 5.74. The number of hydrogen-bond acceptors (Lipinski definition) is 3. The molecule has 0 unspecified atom stereocenters. The molecule has 4 nitrogen and oxygen atoms in total. The van der Waals surface area contributed by atoms with Crippen LogP contribution in [0.15, 0.2) is 94.9 Å². The molecular weight excluding hydrogens is 382 g/mol. The molecule has 27 heavy (non-hydrogen) atoms. The number of halogens is 1. The SMILES string of the molecule is O=C(N/C(=C/c1ccccc1)S(=O)(=O)c1ccc(Cl)cc1)c1ccccc1. The molecule has 6 heteroatoms. The van der Waals surface area contributed by atoms with Crippen molar-refractivity contribution in [2.24, 2.45) is 0 Å². The molecule has 0 aliphatic rings. The Morgan fingerprint density at radius 2 is 1.37 bits per heavy atom. The number of carbonyl (C=O) groups excluding carboxylic acids is 1. The highest BCUT2D eigenvalue weighted by Crippen LogP contribution is 2.22. The fraction of sp³-hybridized carbons (Fsp3) is 0. The Morgan fingerprint density at radius 1 is 0.815 bits per heavy atom. The Bertz CT molecular complexity index is 1060. The van der Waals surface area contributed by atoms with Crippen molar-refractivity contribution >= 4 is 33.4 Å². The number of carbonyl (C=O) groups is 1. The third kappa shape index (κ3) is 4.64. The minimum absolute atomic E-state index is 0.0439. The van der Waals surface area contributed by atoms with Gasteiger partial charge in [-0.25, -0.2) is 8.42 Å². The molecule has 0 atom stereocenters. The van der Waals surface area contributed by atoms with E-state index in [0.29, 0.717) is 16.1 Å². The van der Waals surface area contributed by atoms with Gasteiger partial charge in [-0.2, -0.15) is 0 Å². The van der Waals surface area contributed by atoms with E-state index in [2.05, 4.69) is 5.32 Å². The number of sulfone groups is 1. The van der Waals surface area contributed by atoms with Crippen LogP contribution in [-0.4, -0.2) is 14.3 Å². The van der Waals surface area contributed by atoms with Crippen LogP contribution in [0.1, 0.15) is 15.9 Å². The first kappa shape index (κ1) is 18.9. The molecule has 0 aliphatic heterocycles. The highest BCUT2D eigenvalue weighted by atomic mass is 35.5. The maximum atomic E-state index is 13.1. The molecule has 0 saturated carbocycles. The summed E-state index contributed by atoms with van der Waals surface area (Å²) in [6.45, 7) is 0. The lowest BCUT2D eigenvalue weighted by Gasteiger charge is -2.12. The average molecular weight is 398 g/mol. The second-order valence-electron chi connectivity index (χ2n) is 5.70. The van der Waals surface area contributed by atoms with E-state index in [4.69, 9.17) is 11.6 Å². The monoisotopic (exact) mass is 397 g/mol. The maximum Gasteiger partial charge on any atom is 0.256 e. The fourth-order valence-corrected chi connectivity index (χ4v) is 3.79. The van der Waals surface area contributed by atoms with Crippen molar-refractivity contribution in [3.63, 3.8) is 0 Å². The fourth-order valence-electron chi connectivity index (χ4n) is 2.40. The van der Waals surface area contributed by atoms with Gasteiger partial charge in [0, 0.05) is 10.6 Å². The summed E-state index contributed by atoms with van der Waals surface area (Å²) in [6, 6.07) is 23.2. The van der Waals surface area contributed by atoms with Gasteiger partial charge in [-0.3, -0.25) is 4.79 Å². The smallest absolute Gasteiger partial charge is 0.256 e. The zero-order valence-electron chi connectivity index (χ0n) is 14.2. The van der Waals surface area contributed by atoms with Gasteiger partial charge in [-0.15, -0.1) is 0 Å². The van der Waals surface area contributed by atoms with E-state index in [1.807, 2.05) is 6.07 Å². The average Bonchev–Trinajstić information content (AvgIpc) is 2.69. The van der Waals surface area contributed by atoms with Crippen LogP contribution in [0.4, 0.5) is 0 Å². The summed E-state index contributed by atoms with van der Waals surface area (Å²) in [5.41, 5.74) is 1.01. The minimum atomic E-state index is -3.95. The van der Waals surface area contributed by atoms with Crippen LogP contribution in [-0.2, 0) is 9.84 Å². The minimum Gasteiger partial charge on any atom is -0.312 e. The molecule has 3 aromatic rings. The second kappa shape index (κ2) is 8.20. The van der Waals surface area contributed by atoms with Crippen molar-refractivity contribution in [2.45, 2.75) is 4.90 Å². The molecule has 0 radical (unpaired) electrons.